The summed E-state index contributed by atoms with van der Waals surface area (Å²) in [6, 6.07) is 15.2. The zero-order chi connectivity index (χ0) is 41.7. The number of H-pyrrole nitrogens is 2. The molecular weight excluding hydrogens is 732 g/mol. The maximum atomic E-state index is 13.2. The van der Waals surface area contributed by atoms with Gasteiger partial charge in [0, 0.05) is 53.9 Å². The largest absolute Gasteiger partial charge is 0.453 e. The Hall–Kier alpha value is -5.74. The molecule has 57 heavy (non-hydrogen) atoms. The molecule has 0 radical (unpaired) electrons. The number of nitrogens with zero attached hydrogens (tertiary/aromatic N) is 3. The molecule has 0 saturated carbocycles. The zero-order valence-corrected chi connectivity index (χ0v) is 34.3. The Balaban J connectivity index is 0.00000134. The summed E-state index contributed by atoms with van der Waals surface area (Å²) < 4.78 is 19.0. The van der Waals surface area contributed by atoms with Gasteiger partial charge in [-0.1, -0.05) is 69.3 Å². The SMILES string of the molecule is CCCN(Cc1ncc(-c2ccc(-c3ccc(-c4cnc(C(NC(=O)C(CCOC)NC(=O)OC)C(C)C)[nH]4)cc3)cc2)[nH]1)C(=O)CCCOC.CNC(=O)OC. The molecule has 0 aliphatic rings. The third kappa shape index (κ3) is 14.4. The Morgan fingerprint density at radius 2 is 1.32 bits per heavy atom. The number of aromatic amines is 2. The third-order valence-electron chi connectivity index (χ3n) is 8.93. The van der Waals surface area contributed by atoms with Crippen LogP contribution in [0, 0.1) is 5.92 Å². The number of benzene rings is 2. The number of amides is 4. The van der Waals surface area contributed by atoms with Gasteiger partial charge in [0.15, 0.2) is 0 Å². The van der Waals surface area contributed by atoms with Crippen molar-refractivity contribution < 1.29 is 38.1 Å². The van der Waals surface area contributed by atoms with E-state index in [0.717, 1.165) is 45.9 Å². The molecule has 5 N–H and O–H groups in total. The molecule has 0 saturated heterocycles. The number of hydrogen-bond acceptors (Lipinski definition) is 10. The third-order valence-corrected chi connectivity index (χ3v) is 8.93. The second-order valence-electron chi connectivity index (χ2n) is 13.4. The van der Waals surface area contributed by atoms with Gasteiger partial charge in [-0.2, -0.15) is 0 Å². The first-order chi connectivity index (χ1) is 27.5. The molecule has 2 unspecified atom stereocenters. The molecule has 2 heterocycles. The molecule has 4 rings (SSSR count). The van der Waals surface area contributed by atoms with Gasteiger partial charge in [0.25, 0.3) is 0 Å². The number of nitrogens with one attached hydrogen (secondary N) is 5. The lowest BCUT2D eigenvalue weighted by Gasteiger charge is -2.24. The van der Waals surface area contributed by atoms with Crippen LogP contribution in [-0.2, 0) is 35.1 Å². The van der Waals surface area contributed by atoms with Crippen LogP contribution in [0.25, 0.3) is 33.6 Å². The average molecular weight is 791 g/mol. The van der Waals surface area contributed by atoms with E-state index in [0.29, 0.717) is 51.4 Å². The van der Waals surface area contributed by atoms with Gasteiger partial charge in [-0.25, -0.2) is 19.6 Å². The van der Waals surface area contributed by atoms with Crippen molar-refractivity contribution in [3.8, 4) is 33.6 Å². The summed E-state index contributed by atoms with van der Waals surface area (Å²) in [7, 11) is 7.26. The second kappa shape index (κ2) is 24.0. The van der Waals surface area contributed by atoms with Crippen LogP contribution in [0.3, 0.4) is 0 Å². The molecule has 310 valence electrons. The Labute approximate surface area is 334 Å². The lowest BCUT2D eigenvalue weighted by atomic mass is 10.0. The number of rotatable bonds is 19. The topological polar surface area (TPSA) is 202 Å². The number of ether oxygens (including phenoxy) is 4. The van der Waals surface area contributed by atoms with E-state index < -0.39 is 24.3 Å². The fraction of sp³-hybridized carbons (Fsp3) is 0.463. The van der Waals surface area contributed by atoms with E-state index in [9.17, 15) is 19.2 Å². The first-order valence-electron chi connectivity index (χ1n) is 18.9. The van der Waals surface area contributed by atoms with Crippen LogP contribution in [0.5, 0.6) is 0 Å². The van der Waals surface area contributed by atoms with Gasteiger partial charge in [0.05, 0.1) is 50.6 Å². The predicted octanol–water partition coefficient (Wildman–Crippen LogP) is 5.85. The standard InChI is InChI=1S/C38H51N7O6.C3H7NO2/c1-7-19-45(34(46)9-8-20-49-4)24-33-39-22-31(41-33)28-14-10-26(11-15-28)27-12-16-29(17-13-27)32-23-40-36(42-32)35(25(2)3)44-37(47)30(18-21-50-5)43-38(48)51-6;1-4-3(5)6-2/h10-17,22-23,25,30,35H,7-9,18-21,24H2,1-6H3,(H,39,41)(H,40,42)(H,43,48)(H,44,47);1-2H3,(H,4,5). The first kappa shape index (κ1) is 45.6. The fourth-order valence-corrected chi connectivity index (χ4v) is 5.80. The Bertz CT molecular complexity index is 1820. The Morgan fingerprint density at radius 1 is 0.754 bits per heavy atom. The zero-order valence-electron chi connectivity index (χ0n) is 34.3. The molecule has 0 bridgehead atoms. The van der Waals surface area contributed by atoms with E-state index in [4.69, 9.17) is 9.47 Å². The van der Waals surface area contributed by atoms with Crippen molar-refractivity contribution in [3.05, 3.63) is 72.6 Å². The van der Waals surface area contributed by atoms with Gasteiger partial charge in [-0.05, 0) is 41.0 Å². The Morgan fingerprint density at radius 3 is 1.82 bits per heavy atom. The van der Waals surface area contributed by atoms with Crippen molar-refractivity contribution >= 4 is 24.0 Å². The van der Waals surface area contributed by atoms with E-state index in [1.54, 1.807) is 13.3 Å². The van der Waals surface area contributed by atoms with Gasteiger partial charge in [-0.15, -0.1) is 0 Å². The van der Waals surface area contributed by atoms with Crippen LogP contribution in [-0.4, -0.2) is 110 Å². The lowest BCUT2D eigenvalue weighted by Crippen LogP contribution is -2.49. The maximum Gasteiger partial charge on any atom is 0.407 e. The molecule has 0 aliphatic carbocycles. The molecule has 2 aromatic carbocycles. The van der Waals surface area contributed by atoms with E-state index in [-0.39, 0.29) is 17.7 Å². The van der Waals surface area contributed by atoms with Crippen LogP contribution < -0.4 is 16.0 Å². The molecule has 0 fully saturated rings. The highest BCUT2D eigenvalue weighted by molar-refractivity contribution is 5.86. The number of imidazole rings is 2. The molecular formula is C41H58N8O8. The number of methoxy groups -OCH3 is 4. The molecule has 4 aromatic rings. The molecule has 0 spiro atoms. The molecule has 0 aliphatic heterocycles. The summed E-state index contributed by atoms with van der Waals surface area (Å²) in [6.45, 7) is 8.04. The minimum absolute atomic E-state index is 0.0176. The number of aromatic nitrogens is 4. The average Bonchev–Trinajstić information content (AvgIpc) is 3.92. The van der Waals surface area contributed by atoms with Gasteiger partial charge in [-0.3, -0.25) is 9.59 Å². The first-order valence-corrected chi connectivity index (χ1v) is 18.9. The van der Waals surface area contributed by atoms with E-state index >= 15 is 0 Å². The predicted molar refractivity (Wildman–Crippen MR) is 217 cm³/mol. The number of carbonyl (C=O) groups is 4. The minimum Gasteiger partial charge on any atom is -0.453 e. The quantitative estimate of drug-likeness (QED) is 0.0718. The highest BCUT2D eigenvalue weighted by Gasteiger charge is 2.27. The Kier molecular flexibility index (Phi) is 19.2. The summed E-state index contributed by atoms with van der Waals surface area (Å²) in [5.74, 6) is 1.15. The molecule has 16 nitrogen and oxygen atoms in total. The highest BCUT2D eigenvalue weighted by Crippen LogP contribution is 2.28. The minimum atomic E-state index is -0.818. The van der Waals surface area contributed by atoms with E-state index in [2.05, 4.69) is 88.7 Å². The van der Waals surface area contributed by atoms with Crippen LogP contribution in [0.2, 0.25) is 0 Å². The highest BCUT2D eigenvalue weighted by atomic mass is 16.5. The smallest absolute Gasteiger partial charge is 0.407 e. The van der Waals surface area contributed by atoms with E-state index in [1.807, 2.05) is 37.1 Å². The summed E-state index contributed by atoms with van der Waals surface area (Å²) in [6.07, 6.45) is 4.81. The van der Waals surface area contributed by atoms with Crippen molar-refractivity contribution in [3.63, 3.8) is 0 Å². The lowest BCUT2D eigenvalue weighted by molar-refractivity contribution is -0.132. The molecule has 2 atom stereocenters. The number of hydrogen-bond donors (Lipinski definition) is 5. The second-order valence-corrected chi connectivity index (χ2v) is 13.4. The van der Waals surface area contributed by atoms with E-state index in [1.165, 1.54) is 28.4 Å². The summed E-state index contributed by atoms with van der Waals surface area (Å²) >= 11 is 0. The van der Waals surface area contributed by atoms with Gasteiger partial charge >= 0.3 is 12.2 Å². The van der Waals surface area contributed by atoms with Gasteiger partial charge in [0.1, 0.15) is 17.7 Å². The molecule has 16 heteroatoms. The maximum absolute atomic E-state index is 13.2. The number of alkyl carbamates (subject to hydrolysis) is 2. The fourth-order valence-electron chi connectivity index (χ4n) is 5.80. The summed E-state index contributed by atoms with van der Waals surface area (Å²) in [4.78, 5) is 65.3. The van der Waals surface area contributed by atoms with Crippen molar-refractivity contribution in [2.45, 2.75) is 65.1 Å². The van der Waals surface area contributed by atoms with Crippen molar-refractivity contribution in [1.82, 2.24) is 40.8 Å². The van der Waals surface area contributed by atoms with Crippen LogP contribution in [0.1, 0.15) is 64.1 Å². The van der Waals surface area contributed by atoms with Crippen molar-refractivity contribution in [2.24, 2.45) is 5.92 Å². The number of carbonyl (C=O) groups excluding carboxylic acids is 4. The monoisotopic (exact) mass is 790 g/mol. The van der Waals surface area contributed by atoms with Crippen molar-refractivity contribution in [1.29, 1.82) is 0 Å². The van der Waals surface area contributed by atoms with Crippen LogP contribution in [0.4, 0.5) is 9.59 Å². The van der Waals surface area contributed by atoms with Crippen LogP contribution >= 0.6 is 0 Å². The van der Waals surface area contributed by atoms with Gasteiger partial charge < -0.3 is 49.8 Å². The van der Waals surface area contributed by atoms with Gasteiger partial charge in [0.2, 0.25) is 11.8 Å². The molecule has 2 aromatic heterocycles. The normalized spacial score (nSPS) is 11.8. The van der Waals surface area contributed by atoms with Crippen LogP contribution in [0.15, 0.2) is 60.9 Å². The summed E-state index contributed by atoms with van der Waals surface area (Å²) in [5, 5.41) is 7.86. The molecule has 4 amide bonds. The summed E-state index contributed by atoms with van der Waals surface area (Å²) in [5.41, 5.74) is 5.80. The van der Waals surface area contributed by atoms with Crippen molar-refractivity contribution in [2.75, 3.05) is 55.2 Å².